The number of amides is 1. The molecule has 0 aromatic heterocycles. The van der Waals surface area contributed by atoms with Gasteiger partial charge in [-0.3, -0.25) is 4.79 Å². The summed E-state index contributed by atoms with van der Waals surface area (Å²) in [5.74, 6) is 0.674. The second-order valence-electron chi connectivity index (χ2n) is 4.11. The Morgan fingerprint density at radius 2 is 1.88 bits per heavy atom. The SMILES string of the molecule is Cc1cc(Br)cc(C)c1NC(=O)CCCCCl. The summed E-state index contributed by atoms with van der Waals surface area (Å²) in [6.45, 7) is 3.98. The predicted molar refractivity (Wildman–Crippen MR) is 76.8 cm³/mol. The second kappa shape index (κ2) is 7.02. The van der Waals surface area contributed by atoms with Gasteiger partial charge in [-0.15, -0.1) is 11.6 Å². The predicted octanol–water partition coefficient (Wildman–Crippen LogP) is 4.41. The number of hydrogen-bond donors (Lipinski definition) is 1. The Morgan fingerprint density at radius 3 is 2.41 bits per heavy atom. The minimum atomic E-state index is 0.0589. The van der Waals surface area contributed by atoms with Crippen molar-refractivity contribution in [1.29, 1.82) is 0 Å². The highest BCUT2D eigenvalue weighted by atomic mass is 79.9. The van der Waals surface area contributed by atoms with Gasteiger partial charge in [-0.05, 0) is 49.9 Å². The summed E-state index contributed by atoms with van der Waals surface area (Å²) >= 11 is 9.01. The van der Waals surface area contributed by atoms with Gasteiger partial charge in [0.05, 0.1) is 0 Å². The molecule has 0 atom stereocenters. The van der Waals surface area contributed by atoms with Crippen LogP contribution in [0.3, 0.4) is 0 Å². The zero-order chi connectivity index (χ0) is 12.8. The van der Waals surface area contributed by atoms with Crippen LogP contribution in [-0.4, -0.2) is 11.8 Å². The molecule has 0 spiro atoms. The number of anilines is 1. The van der Waals surface area contributed by atoms with E-state index in [1.54, 1.807) is 0 Å². The van der Waals surface area contributed by atoms with E-state index in [-0.39, 0.29) is 5.91 Å². The quantitative estimate of drug-likeness (QED) is 0.632. The number of carbonyl (C=O) groups excluding carboxylic acids is 1. The first kappa shape index (κ1) is 14.5. The van der Waals surface area contributed by atoms with E-state index >= 15 is 0 Å². The van der Waals surface area contributed by atoms with Crippen molar-refractivity contribution in [2.24, 2.45) is 0 Å². The molecule has 0 radical (unpaired) electrons. The fourth-order valence-electron chi connectivity index (χ4n) is 1.69. The fraction of sp³-hybridized carbons (Fsp3) is 0.462. The van der Waals surface area contributed by atoms with Crippen LogP contribution in [0.4, 0.5) is 5.69 Å². The number of nitrogens with one attached hydrogen (secondary N) is 1. The van der Waals surface area contributed by atoms with Gasteiger partial charge in [-0.1, -0.05) is 15.9 Å². The van der Waals surface area contributed by atoms with Crippen LogP contribution in [-0.2, 0) is 4.79 Å². The normalized spacial score (nSPS) is 10.4. The number of unbranched alkanes of at least 4 members (excludes halogenated alkanes) is 1. The number of rotatable bonds is 5. The van der Waals surface area contributed by atoms with Crippen molar-refractivity contribution in [2.75, 3.05) is 11.2 Å². The van der Waals surface area contributed by atoms with Gasteiger partial charge in [0.2, 0.25) is 5.91 Å². The van der Waals surface area contributed by atoms with Gasteiger partial charge in [0.15, 0.2) is 0 Å². The highest BCUT2D eigenvalue weighted by molar-refractivity contribution is 9.10. The highest BCUT2D eigenvalue weighted by Crippen LogP contribution is 2.25. The zero-order valence-corrected chi connectivity index (χ0v) is 12.5. The third-order valence-electron chi connectivity index (χ3n) is 2.55. The summed E-state index contributed by atoms with van der Waals surface area (Å²) in [4.78, 5) is 11.7. The Labute approximate surface area is 116 Å². The first-order valence-electron chi connectivity index (χ1n) is 5.67. The van der Waals surface area contributed by atoms with E-state index in [2.05, 4.69) is 21.2 Å². The zero-order valence-electron chi connectivity index (χ0n) is 10.1. The minimum Gasteiger partial charge on any atom is -0.326 e. The van der Waals surface area contributed by atoms with E-state index in [1.807, 2.05) is 26.0 Å². The maximum atomic E-state index is 11.7. The van der Waals surface area contributed by atoms with Crippen LogP contribution in [0.15, 0.2) is 16.6 Å². The molecule has 1 aromatic carbocycles. The van der Waals surface area contributed by atoms with Crippen molar-refractivity contribution >= 4 is 39.1 Å². The lowest BCUT2D eigenvalue weighted by Crippen LogP contribution is -2.13. The van der Waals surface area contributed by atoms with Gasteiger partial charge < -0.3 is 5.32 Å². The lowest BCUT2D eigenvalue weighted by Gasteiger charge is -2.12. The summed E-state index contributed by atoms with van der Waals surface area (Å²) in [5, 5.41) is 2.96. The van der Waals surface area contributed by atoms with E-state index in [9.17, 15) is 4.79 Å². The first-order chi connectivity index (χ1) is 8.04. The maximum Gasteiger partial charge on any atom is 0.224 e. The van der Waals surface area contributed by atoms with Crippen molar-refractivity contribution in [3.8, 4) is 0 Å². The molecule has 1 amide bonds. The van der Waals surface area contributed by atoms with E-state index in [1.165, 1.54) is 0 Å². The molecule has 17 heavy (non-hydrogen) atoms. The molecule has 1 rings (SSSR count). The molecule has 0 aliphatic heterocycles. The van der Waals surface area contributed by atoms with Gasteiger partial charge in [0, 0.05) is 22.5 Å². The molecule has 0 bridgehead atoms. The molecule has 2 nitrogen and oxygen atoms in total. The summed E-state index contributed by atoms with van der Waals surface area (Å²) in [7, 11) is 0. The van der Waals surface area contributed by atoms with Crippen LogP contribution >= 0.6 is 27.5 Å². The topological polar surface area (TPSA) is 29.1 Å². The molecule has 0 aliphatic rings. The molecule has 94 valence electrons. The van der Waals surface area contributed by atoms with Crippen LogP contribution in [0.2, 0.25) is 0 Å². The molecule has 0 saturated heterocycles. The number of aryl methyl sites for hydroxylation is 2. The molecule has 1 N–H and O–H groups in total. The molecule has 0 fully saturated rings. The van der Waals surface area contributed by atoms with E-state index in [4.69, 9.17) is 11.6 Å². The third-order valence-corrected chi connectivity index (χ3v) is 3.27. The van der Waals surface area contributed by atoms with Crippen molar-refractivity contribution in [1.82, 2.24) is 0 Å². The van der Waals surface area contributed by atoms with Crippen molar-refractivity contribution < 1.29 is 4.79 Å². The molecular weight excluding hydrogens is 302 g/mol. The Morgan fingerprint density at radius 1 is 1.29 bits per heavy atom. The lowest BCUT2D eigenvalue weighted by atomic mass is 10.1. The minimum absolute atomic E-state index is 0.0589. The Kier molecular flexibility index (Phi) is 6.00. The van der Waals surface area contributed by atoms with E-state index in [0.717, 1.165) is 34.1 Å². The number of benzene rings is 1. The van der Waals surface area contributed by atoms with Gasteiger partial charge >= 0.3 is 0 Å². The van der Waals surface area contributed by atoms with Crippen molar-refractivity contribution in [2.45, 2.75) is 33.1 Å². The first-order valence-corrected chi connectivity index (χ1v) is 7.00. The number of alkyl halides is 1. The number of halogens is 2. The van der Waals surface area contributed by atoms with Crippen LogP contribution in [0.1, 0.15) is 30.4 Å². The summed E-state index contributed by atoms with van der Waals surface area (Å²) in [5.41, 5.74) is 3.06. The summed E-state index contributed by atoms with van der Waals surface area (Å²) in [6, 6.07) is 4.00. The molecule has 0 heterocycles. The molecule has 0 unspecified atom stereocenters. The second-order valence-corrected chi connectivity index (χ2v) is 5.40. The Bertz CT molecular complexity index is 383. The lowest BCUT2D eigenvalue weighted by molar-refractivity contribution is -0.116. The highest BCUT2D eigenvalue weighted by Gasteiger charge is 2.08. The Balaban J connectivity index is 2.65. The van der Waals surface area contributed by atoms with Gasteiger partial charge in [0.1, 0.15) is 0 Å². The average molecular weight is 319 g/mol. The smallest absolute Gasteiger partial charge is 0.224 e. The fourth-order valence-corrected chi connectivity index (χ4v) is 2.57. The van der Waals surface area contributed by atoms with Gasteiger partial charge in [-0.25, -0.2) is 0 Å². The molecule has 0 aliphatic carbocycles. The molecule has 4 heteroatoms. The third kappa shape index (κ3) is 4.68. The summed E-state index contributed by atoms with van der Waals surface area (Å²) in [6.07, 6.45) is 2.25. The van der Waals surface area contributed by atoms with E-state index in [0.29, 0.717) is 12.3 Å². The van der Waals surface area contributed by atoms with Crippen LogP contribution in [0.25, 0.3) is 0 Å². The number of carbonyl (C=O) groups is 1. The monoisotopic (exact) mass is 317 g/mol. The Hall–Kier alpha value is -0.540. The van der Waals surface area contributed by atoms with Crippen molar-refractivity contribution in [3.05, 3.63) is 27.7 Å². The van der Waals surface area contributed by atoms with Crippen LogP contribution < -0.4 is 5.32 Å². The summed E-state index contributed by atoms with van der Waals surface area (Å²) < 4.78 is 1.03. The van der Waals surface area contributed by atoms with Gasteiger partial charge in [-0.2, -0.15) is 0 Å². The molecular formula is C13H17BrClNO. The van der Waals surface area contributed by atoms with Gasteiger partial charge in [0.25, 0.3) is 0 Å². The van der Waals surface area contributed by atoms with Crippen molar-refractivity contribution in [3.63, 3.8) is 0 Å². The molecule has 1 aromatic rings. The van der Waals surface area contributed by atoms with Crippen LogP contribution in [0, 0.1) is 13.8 Å². The average Bonchev–Trinajstić information content (AvgIpc) is 2.24. The van der Waals surface area contributed by atoms with E-state index < -0.39 is 0 Å². The van der Waals surface area contributed by atoms with Crippen LogP contribution in [0.5, 0.6) is 0 Å². The standard InChI is InChI=1S/C13H17BrClNO/c1-9-7-11(14)8-10(2)13(9)16-12(17)5-3-4-6-15/h7-8H,3-6H2,1-2H3,(H,16,17). The number of hydrogen-bond acceptors (Lipinski definition) is 1. The maximum absolute atomic E-state index is 11.7. The molecule has 0 saturated carbocycles. The largest absolute Gasteiger partial charge is 0.326 e.